The molecule has 1 aromatic carbocycles. The number of nitrogens with one attached hydrogen (secondary N) is 1. The van der Waals surface area contributed by atoms with E-state index in [2.05, 4.69) is 17.1 Å². The molecule has 0 saturated carbocycles. The highest BCUT2D eigenvalue weighted by Crippen LogP contribution is 2.21. The smallest absolute Gasteiger partial charge is 0.0797 e. The molecule has 0 amide bonds. The third kappa shape index (κ3) is 1.49. The summed E-state index contributed by atoms with van der Waals surface area (Å²) in [6.45, 7) is 0. The fourth-order valence-corrected chi connectivity index (χ4v) is 1.91. The van der Waals surface area contributed by atoms with E-state index in [4.69, 9.17) is 12.2 Å². The van der Waals surface area contributed by atoms with Crippen LogP contribution in [0, 0.1) is 0 Å². The van der Waals surface area contributed by atoms with E-state index in [0.29, 0.717) is 0 Å². The first kappa shape index (κ1) is 8.78. The average Bonchev–Trinajstić information content (AvgIpc) is 2.60. The molecule has 0 radical (unpaired) electrons. The van der Waals surface area contributed by atoms with E-state index in [1.54, 1.807) is 11.8 Å². The molecule has 3 heteroatoms. The quantitative estimate of drug-likeness (QED) is 0.723. The van der Waals surface area contributed by atoms with Crippen LogP contribution in [0.1, 0.15) is 5.56 Å². The number of aromatic nitrogens is 1. The Morgan fingerprint density at radius 2 is 2.15 bits per heavy atom. The maximum Gasteiger partial charge on any atom is 0.0797 e. The van der Waals surface area contributed by atoms with E-state index in [1.807, 2.05) is 24.6 Å². The maximum absolute atomic E-state index is 5.25. The Bertz CT molecular complexity index is 445. The second kappa shape index (κ2) is 3.52. The maximum atomic E-state index is 5.25. The van der Waals surface area contributed by atoms with E-state index in [0.717, 1.165) is 15.3 Å². The van der Waals surface area contributed by atoms with E-state index in [9.17, 15) is 0 Å². The number of H-pyrrole nitrogens is 1. The Morgan fingerprint density at radius 1 is 1.38 bits per heavy atom. The Hall–Kier alpha value is -0.800. The van der Waals surface area contributed by atoms with Gasteiger partial charge in [0.2, 0.25) is 0 Å². The normalized spacial score (nSPS) is 10.5. The lowest BCUT2D eigenvalue weighted by molar-refractivity contribution is 1.47. The molecule has 0 bridgehead atoms. The highest BCUT2D eigenvalue weighted by atomic mass is 32.2. The van der Waals surface area contributed by atoms with Gasteiger partial charge in [0.05, 0.1) is 4.20 Å². The van der Waals surface area contributed by atoms with Crippen LogP contribution in [0.5, 0.6) is 0 Å². The standard InChI is InChI=1S/C10H9NS2/c1-13-10(12)8-6-11-9-5-3-2-4-7(8)9/h2-6,11H,1H3. The second-order valence-electron chi connectivity index (χ2n) is 2.74. The minimum absolute atomic E-state index is 0.942. The van der Waals surface area contributed by atoms with Crippen molar-refractivity contribution in [2.45, 2.75) is 0 Å². The van der Waals surface area contributed by atoms with Gasteiger partial charge in [0.15, 0.2) is 0 Å². The van der Waals surface area contributed by atoms with Gasteiger partial charge in [0, 0.05) is 22.7 Å². The van der Waals surface area contributed by atoms with Gasteiger partial charge in [-0.1, -0.05) is 30.4 Å². The molecule has 66 valence electrons. The van der Waals surface area contributed by atoms with Gasteiger partial charge >= 0.3 is 0 Å². The Kier molecular flexibility index (Phi) is 2.38. The van der Waals surface area contributed by atoms with Crippen molar-refractivity contribution in [3.63, 3.8) is 0 Å². The summed E-state index contributed by atoms with van der Waals surface area (Å²) in [6, 6.07) is 8.19. The molecule has 0 unspecified atom stereocenters. The molecule has 0 saturated heterocycles. The summed E-state index contributed by atoms with van der Waals surface area (Å²) in [7, 11) is 0. The van der Waals surface area contributed by atoms with Crippen molar-refractivity contribution in [2.24, 2.45) is 0 Å². The van der Waals surface area contributed by atoms with Gasteiger partial charge in [0.25, 0.3) is 0 Å². The van der Waals surface area contributed by atoms with Crippen molar-refractivity contribution in [2.75, 3.05) is 6.26 Å². The lowest BCUT2D eigenvalue weighted by Gasteiger charge is -1.96. The van der Waals surface area contributed by atoms with Gasteiger partial charge in [-0.3, -0.25) is 0 Å². The van der Waals surface area contributed by atoms with Crippen molar-refractivity contribution in [1.82, 2.24) is 4.98 Å². The number of rotatable bonds is 1. The Balaban J connectivity index is 2.64. The molecule has 0 aliphatic heterocycles. The molecule has 1 nitrogen and oxygen atoms in total. The molecule has 1 heterocycles. The summed E-state index contributed by atoms with van der Waals surface area (Å²) >= 11 is 6.85. The number of hydrogen-bond acceptors (Lipinski definition) is 2. The molecule has 0 atom stereocenters. The van der Waals surface area contributed by atoms with Gasteiger partial charge < -0.3 is 4.98 Å². The summed E-state index contributed by atoms with van der Waals surface area (Å²) in [5.41, 5.74) is 2.28. The first-order valence-corrected chi connectivity index (χ1v) is 5.60. The van der Waals surface area contributed by atoms with Gasteiger partial charge in [-0.25, -0.2) is 0 Å². The van der Waals surface area contributed by atoms with E-state index in [1.165, 1.54) is 5.39 Å². The van der Waals surface area contributed by atoms with Crippen LogP contribution in [0.3, 0.4) is 0 Å². The predicted octanol–water partition coefficient (Wildman–Crippen LogP) is 3.21. The molecule has 2 rings (SSSR count). The molecular formula is C10H9NS2. The molecule has 1 aromatic heterocycles. The van der Waals surface area contributed by atoms with Crippen molar-refractivity contribution in [1.29, 1.82) is 0 Å². The predicted molar refractivity (Wildman–Crippen MR) is 63.5 cm³/mol. The van der Waals surface area contributed by atoms with Gasteiger partial charge in [0.1, 0.15) is 0 Å². The lowest BCUT2D eigenvalue weighted by Crippen LogP contribution is -1.86. The first-order chi connectivity index (χ1) is 6.33. The molecule has 0 aliphatic rings. The Labute approximate surface area is 86.5 Å². The van der Waals surface area contributed by atoms with Gasteiger partial charge in [-0.15, -0.1) is 11.8 Å². The van der Waals surface area contributed by atoms with Crippen LogP contribution in [0.15, 0.2) is 30.5 Å². The monoisotopic (exact) mass is 207 g/mol. The van der Waals surface area contributed by atoms with Crippen molar-refractivity contribution < 1.29 is 0 Å². The SMILES string of the molecule is CSC(=S)c1c[nH]c2ccccc12. The number of thioether (sulfide) groups is 1. The molecular weight excluding hydrogens is 198 g/mol. The highest BCUT2D eigenvalue weighted by molar-refractivity contribution is 8.23. The summed E-state index contributed by atoms with van der Waals surface area (Å²) in [6.07, 6.45) is 3.98. The van der Waals surface area contributed by atoms with Crippen molar-refractivity contribution in [3.8, 4) is 0 Å². The zero-order valence-electron chi connectivity index (χ0n) is 7.20. The third-order valence-corrected chi connectivity index (χ3v) is 3.31. The van der Waals surface area contributed by atoms with E-state index < -0.39 is 0 Å². The minimum Gasteiger partial charge on any atom is -0.360 e. The largest absolute Gasteiger partial charge is 0.360 e. The molecule has 0 fully saturated rings. The molecule has 1 N–H and O–H groups in total. The minimum atomic E-state index is 0.942. The highest BCUT2D eigenvalue weighted by Gasteiger charge is 2.05. The van der Waals surface area contributed by atoms with Crippen LogP contribution >= 0.6 is 24.0 Å². The second-order valence-corrected chi connectivity index (χ2v) is 4.22. The summed E-state index contributed by atoms with van der Waals surface area (Å²) in [5, 5.41) is 1.21. The van der Waals surface area contributed by atoms with Crippen LogP contribution in [-0.4, -0.2) is 15.4 Å². The Morgan fingerprint density at radius 3 is 2.92 bits per heavy atom. The van der Waals surface area contributed by atoms with Crippen LogP contribution in [0.4, 0.5) is 0 Å². The molecule has 0 spiro atoms. The zero-order chi connectivity index (χ0) is 9.26. The molecule has 13 heavy (non-hydrogen) atoms. The third-order valence-electron chi connectivity index (χ3n) is 1.99. The number of benzene rings is 1. The van der Waals surface area contributed by atoms with Crippen LogP contribution in [0.2, 0.25) is 0 Å². The van der Waals surface area contributed by atoms with Gasteiger partial charge in [-0.2, -0.15) is 0 Å². The number of aromatic amines is 1. The summed E-state index contributed by atoms with van der Waals surface area (Å²) in [5.74, 6) is 0. The van der Waals surface area contributed by atoms with Crippen LogP contribution in [0.25, 0.3) is 10.9 Å². The zero-order valence-corrected chi connectivity index (χ0v) is 8.84. The number of fused-ring (bicyclic) bond motifs is 1. The van der Waals surface area contributed by atoms with Crippen LogP contribution < -0.4 is 0 Å². The van der Waals surface area contributed by atoms with E-state index >= 15 is 0 Å². The fourth-order valence-electron chi connectivity index (χ4n) is 1.35. The molecule has 2 aromatic rings. The first-order valence-electron chi connectivity index (χ1n) is 3.97. The lowest BCUT2D eigenvalue weighted by atomic mass is 10.2. The van der Waals surface area contributed by atoms with Crippen molar-refractivity contribution >= 4 is 39.1 Å². The molecule has 0 aliphatic carbocycles. The fraction of sp³-hybridized carbons (Fsp3) is 0.100. The van der Waals surface area contributed by atoms with E-state index in [-0.39, 0.29) is 0 Å². The number of hydrogen-bond donors (Lipinski definition) is 1. The topological polar surface area (TPSA) is 15.8 Å². The average molecular weight is 207 g/mol. The summed E-state index contributed by atoms with van der Waals surface area (Å²) < 4.78 is 0.942. The van der Waals surface area contributed by atoms with Crippen LogP contribution in [-0.2, 0) is 0 Å². The van der Waals surface area contributed by atoms with Crippen molar-refractivity contribution in [3.05, 3.63) is 36.0 Å². The summed E-state index contributed by atoms with van der Waals surface area (Å²) in [4.78, 5) is 3.20. The number of thiocarbonyl (C=S) groups is 1. The number of para-hydroxylation sites is 1. The van der Waals surface area contributed by atoms with Gasteiger partial charge in [-0.05, 0) is 12.3 Å².